The van der Waals surface area contributed by atoms with Crippen molar-refractivity contribution >= 4 is 17.8 Å². The van der Waals surface area contributed by atoms with E-state index in [1.54, 1.807) is 6.07 Å². The first-order valence-electron chi connectivity index (χ1n) is 6.01. The maximum absolute atomic E-state index is 11.3. The van der Waals surface area contributed by atoms with Gasteiger partial charge >= 0.3 is 11.9 Å². The third-order valence-corrected chi connectivity index (χ3v) is 3.18. The van der Waals surface area contributed by atoms with Crippen molar-refractivity contribution in [3.05, 3.63) is 18.1 Å². The molecule has 0 unspecified atom stereocenters. The molecule has 1 aliphatic rings. The molecule has 7 heteroatoms. The summed E-state index contributed by atoms with van der Waals surface area (Å²) in [6.45, 7) is 1.21. The van der Waals surface area contributed by atoms with Gasteiger partial charge in [-0.15, -0.1) is 0 Å². The topological polar surface area (TPSA) is 92.6 Å². The molecule has 0 bridgehead atoms. The molecule has 0 spiro atoms. The Morgan fingerprint density at radius 3 is 2.68 bits per heavy atom. The summed E-state index contributed by atoms with van der Waals surface area (Å²) in [6.07, 6.45) is 2.65. The number of rotatable bonds is 3. The Bertz CT molecular complexity index is 484. The lowest BCUT2D eigenvalue weighted by Gasteiger charge is -2.30. The van der Waals surface area contributed by atoms with Crippen molar-refractivity contribution in [3.63, 3.8) is 0 Å². The monoisotopic (exact) mass is 265 g/mol. The van der Waals surface area contributed by atoms with Crippen LogP contribution >= 0.6 is 0 Å². The van der Waals surface area contributed by atoms with E-state index in [0.29, 0.717) is 31.7 Å². The van der Waals surface area contributed by atoms with Crippen LogP contribution in [0.15, 0.2) is 12.3 Å². The number of aliphatic carboxylic acids is 1. The number of carbonyl (C=O) groups excluding carboxylic acids is 1. The van der Waals surface area contributed by atoms with Crippen LogP contribution in [-0.4, -0.2) is 47.2 Å². The van der Waals surface area contributed by atoms with Gasteiger partial charge in [-0.25, -0.2) is 14.8 Å². The zero-order valence-electron chi connectivity index (χ0n) is 10.6. The molecule has 2 rings (SSSR count). The predicted octanol–water partition coefficient (Wildman–Crippen LogP) is 0.564. The summed E-state index contributed by atoms with van der Waals surface area (Å²) in [5, 5.41) is 8.94. The number of methoxy groups -OCH3 is 1. The summed E-state index contributed by atoms with van der Waals surface area (Å²) in [7, 11) is 1.27. The molecule has 0 aliphatic carbocycles. The normalized spacial score (nSPS) is 16.2. The van der Waals surface area contributed by atoms with Crippen molar-refractivity contribution in [1.29, 1.82) is 0 Å². The summed E-state index contributed by atoms with van der Waals surface area (Å²) < 4.78 is 4.57. The third-order valence-electron chi connectivity index (χ3n) is 3.18. The average molecular weight is 265 g/mol. The second-order valence-corrected chi connectivity index (χ2v) is 4.33. The highest BCUT2D eigenvalue weighted by Gasteiger charge is 2.25. The number of anilines is 1. The van der Waals surface area contributed by atoms with Gasteiger partial charge < -0.3 is 14.7 Å². The molecule has 1 saturated heterocycles. The Hall–Kier alpha value is -2.18. The van der Waals surface area contributed by atoms with E-state index < -0.39 is 11.9 Å². The van der Waals surface area contributed by atoms with Crippen LogP contribution < -0.4 is 4.90 Å². The van der Waals surface area contributed by atoms with Crippen molar-refractivity contribution in [3.8, 4) is 0 Å². The molecule has 1 aromatic heterocycles. The number of ether oxygens (including phenoxy) is 1. The maximum atomic E-state index is 11.3. The van der Waals surface area contributed by atoms with Gasteiger partial charge in [-0.2, -0.15) is 0 Å². The lowest BCUT2D eigenvalue weighted by Crippen LogP contribution is -2.37. The molecule has 0 aromatic carbocycles. The van der Waals surface area contributed by atoms with E-state index in [0.717, 1.165) is 0 Å². The number of carboxylic acids is 1. The lowest BCUT2D eigenvalue weighted by molar-refractivity contribution is -0.142. The van der Waals surface area contributed by atoms with E-state index in [1.807, 2.05) is 4.90 Å². The van der Waals surface area contributed by atoms with Crippen LogP contribution in [0.2, 0.25) is 0 Å². The van der Waals surface area contributed by atoms with Crippen molar-refractivity contribution < 1.29 is 19.4 Å². The Morgan fingerprint density at radius 2 is 2.11 bits per heavy atom. The molecule has 102 valence electrons. The molecule has 1 aromatic rings. The van der Waals surface area contributed by atoms with E-state index in [1.165, 1.54) is 13.3 Å². The summed E-state index contributed by atoms with van der Waals surface area (Å²) in [4.78, 5) is 32.1. The van der Waals surface area contributed by atoms with Crippen LogP contribution in [0.1, 0.15) is 23.5 Å². The van der Waals surface area contributed by atoms with Crippen molar-refractivity contribution in [2.75, 3.05) is 25.1 Å². The van der Waals surface area contributed by atoms with Gasteiger partial charge in [-0.1, -0.05) is 0 Å². The van der Waals surface area contributed by atoms with Crippen LogP contribution in [0.5, 0.6) is 0 Å². The van der Waals surface area contributed by atoms with E-state index in [-0.39, 0.29) is 11.7 Å². The average Bonchev–Trinajstić information content (AvgIpc) is 2.46. The number of hydrogen-bond donors (Lipinski definition) is 1. The molecule has 1 N–H and O–H groups in total. The molecule has 0 radical (unpaired) electrons. The van der Waals surface area contributed by atoms with Gasteiger partial charge in [0.15, 0.2) is 0 Å². The minimum Gasteiger partial charge on any atom is -0.481 e. The Labute approximate surface area is 110 Å². The molecule has 2 heterocycles. The van der Waals surface area contributed by atoms with E-state index in [2.05, 4.69) is 14.7 Å². The van der Waals surface area contributed by atoms with Gasteiger partial charge in [0.25, 0.3) is 0 Å². The highest BCUT2D eigenvalue weighted by Crippen LogP contribution is 2.21. The molecule has 1 fully saturated rings. The largest absolute Gasteiger partial charge is 0.481 e. The first-order valence-corrected chi connectivity index (χ1v) is 6.01. The van der Waals surface area contributed by atoms with Gasteiger partial charge in [0.05, 0.1) is 13.0 Å². The van der Waals surface area contributed by atoms with Gasteiger partial charge in [0.2, 0.25) is 5.82 Å². The zero-order valence-corrected chi connectivity index (χ0v) is 10.6. The van der Waals surface area contributed by atoms with Crippen LogP contribution in [0, 0.1) is 5.92 Å². The molecule has 7 nitrogen and oxygen atoms in total. The fraction of sp³-hybridized carbons (Fsp3) is 0.500. The Balaban J connectivity index is 2.07. The van der Waals surface area contributed by atoms with Crippen LogP contribution in [-0.2, 0) is 9.53 Å². The Kier molecular flexibility index (Phi) is 3.94. The number of piperidine rings is 1. The quantitative estimate of drug-likeness (QED) is 0.798. The van der Waals surface area contributed by atoms with Crippen molar-refractivity contribution in [1.82, 2.24) is 9.97 Å². The second kappa shape index (κ2) is 5.64. The van der Waals surface area contributed by atoms with Crippen LogP contribution in [0.4, 0.5) is 5.82 Å². The number of carboxylic acid groups (broad SMARTS) is 1. The number of aromatic nitrogens is 2. The van der Waals surface area contributed by atoms with Crippen LogP contribution in [0.25, 0.3) is 0 Å². The highest BCUT2D eigenvalue weighted by atomic mass is 16.5. The lowest BCUT2D eigenvalue weighted by atomic mass is 9.97. The minimum atomic E-state index is -0.752. The molecule has 0 saturated carbocycles. The van der Waals surface area contributed by atoms with Crippen molar-refractivity contribution in [2.45, 2.75) is 12.8 Å². The minimum absolute atomic E-state index is 0.0142. The molecule has 0 atom stereocenters. The van der Waals surface area contributed by atoms with Gasteiger partial charge in [-0.05, 0) is 18.9 Å². The first-order chi connectivity index (χ1) is 9.11. The van der Waals surface area contributed by atoms with Gasteiger partial charge in [0.1, 0.15) is 5.82 Å². The Morgan fingerprint density at radius 1 is 1.42 bits per heavy atom. The fourth-order valence-corrected chi connectivity index (χ4v) is 2.07. The predicted molar refractivity (Wildman–Crippen MR) is 65.9 cm³/mol. The summed E-state index contributed by atoms with van der Waals surface area (Å²) >= 11 is 0. The van der Waals surface area contributed by atoms with E-state index >= 15 is 0 Å². The third kappa shape index (κ3) is 2.98. The fourth-order valence-electron chi connectivity index (χ4n) is 2.07. The molecule has 1 aliphatic heterocycles. The molecular formula is C12H15N3O4. The van der Waals surface area contributed by atoms with Gasteiger partial charge in [0, 0.05) is 19.3 Å². The van der Waals surface area contributed by atoms with E-state index in [4.69, 9.17) is 5.11 Å². The first kappa shape index (κ1) is 13.3. The van der Waals surface area contributed by atoms with Crippen LogP contribution in [0.3, 0.4) is 0 Å². The van der Waals surface area contributed by atoms with Crippen molar-refractivity contribution in [2.24, 2.45) is 5.92 Å². The number of nitrogens with zero attached hydrogens (tertiary/aromatic N) is 3. The number of hydrogen-bond acceptors (Lipinski definition) is 6. The summed E-state index contributed by atoms with van der Waals surface area (Å²) in [5.74, 6) is -0.988. The van der Waals surface area contributed by atoms with Gasteiger partial charge in [-0.3, -0.25) is 4.79 Å². The SMILES string of the molecule is COC(=O)c1nccc(N2CCC(C(=O)O)CC2)n1. The second-order valence-electron chi connectivity index (χ2n) is 4.33. The zero-order chi connectivity index (χ0) is 13.8. The number of carbonyl (C=O) groups is 2. The standard InChI is InChI=1S/C12H15N3O4/c1-19-12(18)10-13-5-2-9(14-10)15-6-3-8(4-7-15)11(16)17/h2,5,8H,3-4,6-7H2,1H3,(H,16,17). The van der Waals surface area contributed by atoms with E-state index in [9.17, 15) is 9.59 Å². The summed E-state index contributed by atoms with van der Waals surface area (Å²) in [6, 6.07) is 1.70. The number of esters is 1. The maximum Gasteiger partial charge on any atom is 0.376 e. The molecule has 0 amide bonds. The molecule has 19 heavy (non-hydrogen) atoms. The molecular weight excluding hydrogens is 250 g/mol. The summed E-state index contributed by atoms with van der Waals surface area (Å²) in [5.41, 5.74) is 0. The smallest absolute Gasteiger partial charge is 0.376 e. The highest BCUT2D eigenvalue weighted by molar-refractivity contribution is 5.85.